The van der Waals surface area contributed by atoms with Gasteiger partial charge in [-0.15, -0.1) is 5.10 Å². The summed E-state index contributed by atoms with van der Waals surface area (Å²) in [7, 11) is 1.81. The van der Waals surface area contributed by atoms with Gasteiger partial charge in [0.2, 0.25) is 0 Å². The second-order valence-corrected chi connectivity index (χ2v) is 3.84. The number of nitrogens with zero attached hydrogens (tertiary/aromatic N) is 3. The third-order valence-electron chi connectivity index (χ3n) is 2.76. The Morgan fingerprint density at radius 3 is 3.18 bits per heavy atom. The van der Waals surface area contributed by atoms with Gasteiger partial charge in [-0.1, -0.05) is 0 Å². The Balaban J connectivity index is 2.03. The van der Waals surface area contributed by atoms with Crippen LogP contribution in [0.4, 0.5) is 5.82 Å². The normalized spacial score (nSPS) is 13.0. The van der Waals surface area contributed by atoms with Crippen molar-refractivity contribution in [2.24, 2.45) is 0 Å². The Kier molecular flexibility index (Phi) is 2.36. The van der Waals surface area contributed by atoms with Crippen LogP contribution in [0.5, 0.6) is 5.75 Å². The number of hydrogen-bond donors (Lipinski definition) is 1. The van der Waals surface area contributed by atoms with Crippen LogP contribution in [0.25, 0.3) is 11.4 Å². The number of anilines is 1. The molecule has 5 nitrogen and oxygen atoms in total. The largest absolute Gasteiger partial charge is 0.493 e. The van der Waals surface area contributed by atoms with Gasteiger partial charge >= 0.3 is 0 Å². The molecule has 0 spiro atoms. The van der Waals surface area contributed by atoms with E-state index in [2.05, 4.69) is 26.6 Å². The molecule has 1 aliphatic rings. The highest BCUT2D eigenvalue weighted by Crippen LogP contribution is 2.29. The van der Waals surface area contributed by atoms with Gasteiger partial charge in [0, 0.05) is 19.0 Å². The van der Waals surface area contributed by atoms with Crippen molar-refractivity contribution in [3.05, 3.63) is 30.0 Å². The third kappa shape index (κ3) is 1.80. The van der Waals surface area contributed by atoms with E-state index in [1.165, 1.54) is 5.56 Å². The number of aromatic nitrogens is 3. The summed E-state index contributed by atoms with van der Waals surface area (Å²) in [5.41, 5.74) is 2.18. The summed E-state index contributed by atoms with van der Waals surface area (Å²) in [5, 5.41) is 10.9. The van der Waals surface area contributed by atoms with E-state index in [1.54, 1.807) is 6.20 Å². The lowest BCUT2D eigenvalue weighted by Crippen LogP contribution is -1.98. The first-order valence-electron chi connectivity index (χ1n) is 5.50. The lowest BCUT2D eigenvalue weighted by atomic mass is 10.1. The van der Waals surface area contributed by atoms with Gasteiger partial charge in [0.25, 0.3) is 0 Å². The first kappa shape index (κ1) is 10.0. The smallest absolute Gasteiger partial charge is 0.183 e. The Hall–Kier alpha value is -2.17. The quantitative estimate of drug-likeness (QED) is 0.844. The fourth-order valence-corrected chi connectivity index (χ4v) is 1.87. The number of nitrogens with one attached hydrogen (secondary N) is 1. The van der Waals surface area contributed by atoms with Crippen LogP contribution < -0.4 is 10.1 Å². The van der Waals surface area contributed by atoms with Crippen molar-refractivity contribution in [1.82, 2.24) is 15.2 Å². The topological polar surface area (TPSA) is 59.9 Å². The van der Waals surface area contributed by atoms with E-state index < -0.39 is 0 Å². The molecule has 0 aliphatic carbocycles. The van der Waals surface area contributed by atoms with Gasteiger partial charge in [0.15, 0.2) is 5.82 Å². The summed E-state index contributed by atoms with van der Waals surface area (Å²) < 4.78 is 5.47. The van der Waals surface area contributed by atoms with Crippen LogP contribution in [-0.4, -0.2) is 28.8 Å². The van der Waals surface area contributed by atoms with Crippen molar-refractivity contribution in [3.8, 4) is 17.1 Å². The van der Waals surface area contributed by atoms with E-state index in [4.69, 9.17) is 4.74 Å². The van der Waals surface area contributed by atoms with Gasteiger partial charge in [-0.25, -0.2) is 4.98 Å². The fraction of sp³-hybridized carbons (Fsp3) is 0.250. The maximum atomic E-state index is 5.47. The van der Waals surface area contributed by atoms with Gasteiger partial charge < -0.3 is 10.1 Å². The Labute approximate surface area is 98.9 Å². The molecule has 86 valence electrons. The number of benzene rings is 1. The van der Waals surface area contributed by atoms with Crippen LogP contribution >= 0.6 is 0 Å². The van der Waals surface area contributed by atoms with Gasteiger partial charge in [0.05, 0.1) is 12.8 Å². The maximum Gasteiger partial charge on any atom is 0.183 e. The summed E-state index contributed by atoms with van der Waals surface area (Å²) >= 11 is 0. The minimum Gasteiger partial charge on any atom is -0.493 e. The molecule has 0 atom stereocenters. The van der Waals surface area contributed by atoms with Crippen LogP contribution in [-0.2, 0) is 6.42 Å². The van der Waals surface area contributed by atoms with Gasteiger partial charge in [0.1, 0.15) is 11.6 Å². The molecule has 3 rings (SSSR count). The minimum atomic E-state index is 0.631. The van der Waals surface area contributed by atoms with E-state index in [0.717, 1.165) is 24.3 Å². The molecule has 0 bridgehead atoms. The van der Waals surface area contributed by atoms with E-state index in [-0.39, 0.29) is 0 Å². The molecule has 0 saturated carbocycles. The number of hydrogen-bond acceptors (Lipinski definition) is 5. The monoisotopic (exact) mass is 228 g/mol. The number of rotatable bonds is 2. The van der Waals surface area contributed by atoms with Crippen LogP contribution in [0.1, 0.15) is 5.56 Å². The standard InChI is InChI=1S/C12H12N4O/c1-13-11-7-14-16-12(15-11)9-2-3-10-8(6-9)4-5-17-10/h2-3,6-7H,4-5H2,1H3,(H,13,15,16). The Morgan fingerprint density at radius 2 is 2.29 bits per heavy atom. The molecule has 1 N–H and O–H groups in total. The first-order valence-corrected chi connectivity index (χ1v) is 5.50. The number of ether oxygens (including phenoxy) is 1. The molecule has 2 heterocycles. The first-order chi connectivity index (χ1) is 8.36. The molecule has 0 fully saturated rings. The van der Waals surface area contributed by atoms with E-state index >= 15 is 0 Å². The SMILES string of the molecule is CNc1cnnc(-c2ccc3c(c2)CCO3)n1. The molecule has 0 radical (unpaired) electrons. The number of fused-ring (bicyclic) bond motifs is 1. The second-order valence-electron chi connectivity index (χ2n) is 3.84. The molecule has 2 aromatic rings. The van der Waals surface area contributed by atoms with Gasteiger partial charge in [-0.3, -0.25) is 0 Å². The Bertz CT molecular complexity index is 556. The van der Waals surface area contributed by atoms with Crippen LogP contribution in [0, 0.1) is 0 Å². The minimum absolute atomic E-state index is 0.631. The highest BCUT2D eigenvalue weighted by molar-refractivity contribution is 5.60. The summed E-state index contributed by atoms with van der Waals surface area (Å²) in [6, 6.07) is 5.99. The zero-order valence-corrected chi connectivity index (χ0v) is 9.47. The van der Waals surface area contributed by atoms with Gasteiger partial charge in [-0.05, 0) is 23.8 Å². The van der Waals surface area contributed by atoms with Crippen molar-refractivity contribution in [1.29, 1.82) is 0 Å². The third-order valence-corrected chi connectivity index (χ3v) is 2.76. The molecule has 17 heavy (non-hydrogen) atoms. The van der Waals surface area contributed by atoms with E-state index in [1.807, 2.05) is 19.2 Å². The highest BCUT2D eigenvalue weighted by Gasteiger charge is 2.13. The molecular weight excluding hydrogens is 216 g/mol. The predicted octanol–water partition coefficient (Wildman–Crippen LogP) is 1.52. The molecule has 1 aromatic heterocycles. The fourth-order valence-electron chi connectivity index (χ4n) is 1.87. The molecule has 0 unspecified atom stereocenters. The molecule has 1 aliphatic heterocycles. The van der Waals surface area contributed by atoms with Crippen molar-refractivity contribution >= 4 is 5.82 Å². The Morgan fingerprint density at radius 1 is 1.35 bits per heavy atom. The summed E-state index contributed by atoms with van der Waals surface area (Å²) in [5.74, 6) is 2.31. The summed E-state index contributed by atoms with van der Waals surface area (Å²) in [6.45, 7) is 0.758. The van der Waals surface area contributed by atoms with Crippen molar-refractivity contribution in [2.75, 3.05) is 19.0 Å². The molecule has 0 saturated heterocycles. The summed E-state index contributed by atoms with van der Waals surface area (Å²) in [4.78, 5) is 4.36. The lowest BCUT2D eigenvalue weighted by Gasteiger charge is -2.04. The zero-order chi connectivity index (χ0) is 11.7. The molecule has 5 heteroatoms. The highest BCUT2D eigenvalue weighted by atomic mass is 16.5. The average Bonchev–Trinajstić information content (AvgIpc) is 2.86. The maximum absolute atomic E-state index is 5.47. The molecule has 0 amide bonds. The lowest BCUT2D eigenvalue weighted by molar-refractivity contribution is 0.357. The van der Waals surface area contributed by atoms with Crippen molar-refractivity contribution < 1.29 is 4.74 Å². The predicted molar refractivity (Wildman–Crippen MR) is 64.0 cm³/mol. The zero-order valence-electron chi connectivity index (χ0n) is 9.47. The van der Waals surface area contributed by atoms with Crippen LogP contribution in [0.15, 0.2) is 24.4 Å². The van der Waals surface area contributed by atoms with Crippen LogP contribution in [0.3, 0.4) is 0 Å². The molecular formula is C12H12N4O. The van der Waals surface area contributed by atoms with E-state index in [0.29, 0.717) is 11.6 Å². The average molecular weight is 228 g/mol. The van der Waals surface area contributed by atoms with Crippen LogP contribution in [0.2, 0.25) is 0 Å². The molecule has 1 aromatic carbocycles. The van der Waals surface area contributed by atoms with Gasteiger partial charge in [-0.2, -0.15) is 5.10 Å². The summed E-state index contributed by atoms with van der Waals surface area (Å²) in [6.07, 6.45) is 2.54. The van der Waals surface area contributed by atoms with E-state index in [9.17, 15) is 0 Å². The van der Waals surface area contributed by atoms with Crippen molar-refractivity contribution in [2.45, 2.75) is 6.42 Å². The van der Waals surface area contributed by atoms with Crippen molar-refractivity contribution in [3.63, 3.8) is 0 Å². The second kappa shape index (κ2) is 4.01.